The van der Waals surface area contributed by atoms with Crippen LogP contribution < -0.4 is 9.62 Å². The van der Waals surface area contributed by atoms with Crippen molar-refractivity contribution in [2.45, 2.75) is 49.5 Å². The van der Waals surface area contributed by atoms with Crippen molar-refractivity contribution in [3.05, 3.63) is 46.3 Å². The molecule has 3 heterocycles. The molecule has 1 N–H and O–H groups in total. The Hall–Kier alpha value is -1.61. The van der Waals surface area contributed by atoms with Crippen LogP contribution in [0.2, 0.25) is 10.0 Å². The minimum atomic E-state index is -4.09. The van der Waals surface area contributed by atoms with Crippen LogP contribution in [0.4, 0.5) is 15.9 Å². The first-order valence-electron chi connectivity index (χ1n) is 11.4. The monoisotopic (exact) mass is 512 g/mol. The van der Waals surface area contributed by atoms with Gasteiger partial charge in [0.15, 0.2) is 0 Å². The number of halogens is 3. The van der Waals surface area contributed by atoms with Crippen molar-refractivity contribution in [3.63, 3.8) is 0 Å². The van der Waals surface area contributed by atoms with Crippen molar-refractivity contribution >= 4 is 44.7 Å². The van der Waals surface area contributed by atoms with Gasteiger partial charge in [-0.05, 0) is 69.5 Å². The largest absolute Gasteiger partial charge is 0.370 e. The van der Waals surface area contributed by atoms with Gasteiger partial charge in [0.25, 0.3) is 10.0 Å². The third-order valence-corrected chi connectivity index (χ3v) is 9.53. The van der Waals surface area contributed by atoms with Gasteiger partial charge >= 0.3 is 0 Å². The van der Waals surface area contributed by atoms with E-state index in [-0.39, 0.29) is 21.2 Å². The lowest BCUT2D eigenvalue weighted by Crippen LogP contribution is -2.44. The summed E-state index contributed by atoms with van der Waals surface area (Å²) in [6, 6.07) is 7.50. The summed E-state index contributed by atoms with van der Waals surface area (Å²) in [7, 11) is -4.09. The summed E-state index contributed by atoms with van der Waals surface area (Å²) < 4.78 is 41.4. The zero-order valence-corrected chi connectivity index (χ0v) is 20.6. The number of benzene rings is 1. The van der Waals surface area contributed by atoms with E-state index in [0.29, 0.717) is 11.1 Å². The standard InChI is InChI=1S/C23H27Cl2FN4O2S/c24-16-14-19(33(31,32)28-22-7-3-6-21(26)27-22)17(25)13-18(16)30-12-9-23(15-30)8-4-5-20(23)29-10-1-2-11-29/h3,6-7,13-14,20H,1-2,4-5,8-12,15H2,(H,27,28)/t20-,23+/m1/s1. The lowest BCUT2D eigenvalue weighted by Gasteiger charge is -2.38. The number of nitrogens with one attached hydrogen (secondary N) is 1. The molecule has 5 rings (SSSR count). The van der Waals surface area contributed by atoms with Gasteiger partial charge < -0.3 is 4.90 Å². The fourth-order valence-electron chi connectivity index (χ4n) is 5.95. The molecule has 33 heavy (non-hydrogen) atoms. The number of likely N-dealkylation sites (tertiary alicyclic amines) is 1. The van der Waals surface area contributed by atoms with E-state index in [1.807, 2.05) is 0 Å². The second kappa shape index (κ2) is 8.87. The first-order valence-corrected chi connectivity index (χ1v) is 13.6. The molecule has 1 aliphatic carbocycles. The number of nitrogens with zero attached hydrogens (tertiary/aromatic N) is 3. The molecule has 6 nitrogen and oxygen atoms in total. The molecule has 3 fully saturated rings. The zero-order valence-electron chi connectivity index (χ0n) is 18.2. The molecule has 2 saturated heterocycles. The number of sulfonamides is 1. The van der Waals surface area contributed by atoms with Crippen LogP contribution in [0, 0.1) is 11.4 Å². The molecular formula is C23H27Cl2FN4O2S. The quantitative estimate of drug-likeness (QED) is 0.559. The minimum absolute atomic E-state index is 0.0711. The lowest BCUT2D eigenvalue weighted by molar-refractivity contribution is 0.126. The van der Waals surface area contributed by atoms with E-state index < -0.39 is 16.0 Å². The number of rotatable bonds is 5. The topological polar surface area (TPSA) is 65.5 Å². The lowest BCUT2D eigenvalue weighted by atomic mass is 9.81. The van der Waals surface area contributed by atoms with Gasteiger partial charge in [0.05, 0.1) is 15.7 Å². The van der Waals surface area contributed by atoms with Crippen LogP contribution in [-0.2, 0) is 10.0 Å². The molecule has 0 unspecified atom stereocenters. The van der Waals surface area contributed by atoms with Gasteiger partial charge in [0.2, 0.25) is 5.95 Å². The first kappa shape index (κ1) is 23.1. The third-order valence-electron chi connectivity index (χ3n) is 7.41. The zero-order chi connectivity index (χ0) is 23.2. The molecule has 1 saturated carbocycles. The number of anilines is 2. The van der Waals surface area contributed by atoms with Gasteiger partial charge in [-0.1, -0.05) is 35.7 Å². The highest BCUT2D eigenvalue weighted by Gasteiger charge is 2.50. The maximum Gasteiger partial charge on any atom is 0.264 e. The Labute approximate surface area is 204 Å². The summed E-state index contributed by atoms with van der Waals surface area (Å²) in [6.07, 6.45) is 7.39. The Bertz CT molecular complexity index is 1160. The van der Waals surface area contributed by atoms with Crippen LogP contribution in [0.3, 0.4) is 0 Å². The fourth-order valence-corrected chi connectivity index (χ4v) is 7.84. The van der Waals surface area contributed by atoms with E-state index in [1.54, 1.807) is 6.07 Å². The second-order valence-electron chi connectivity index (χ2n) is 9.37. The van der Waals surface area contributed by atoms with E-state index in [9.17, 15) is 12.8 Å². The van der Waals surface area contributed by atoms with Crippen LogP contribution in [0.25, 0.3) is 0 Å². The van der Waals surface area contributed by atoms with Crippen LogP contribution >= 0.6 is 23.2 Å². The first-order chi connectivity index (χ1) is 15.8. The molecule has 1 spiro atoms. The molecule has 1 aromatic carbocycles. The Kier molecular flexibility index (Phi) is 6.22. The predicted octanol–water partition coefficient (Wildman–Crippen LogP) is 5.17. The van der Waals surface area contributed by atoms with Gasteiger partial charge in [-0.3, -0.25) is 9.62 Å². The van der Waals surface area contributed by atoms with Crippen molar-refractivity contribution in [1.82, 2.24) is 9.88 Å². The summed E-state index contributed by atoms with van der Waals surface area (Å²) in [4.78, 5) is 8.32. The summed E-state index contributed by atoms with van der Waals surface area (Å²) in [5, 5.41) is 0.404. The number of pyridine rings is 1. The maximum absolute atomic E-state index is 13.4. The molecule has 0 bridgehead atoms. The predicted molar refractivity (Wildman–Crippen MR) is 129 cm³/mol. The molecule has 2 aromatic rings. The van der Waals surface area contributed by atoms with Gasteiger partial charge in [-0.2, -0.15) is 4.39 Å². The molecule has 1 aromatic heterocycles. The SMILES string of the molecule is O=S(=O)(Nc1cccc(F)n1)c1cc(Cl)c(N2CC[C@@]3(CCC[C@H]3N3CCCC3)C2)cc1Cl. The van der Waals surface area contributed by atoms with Crippen LogP contribution in [0.15, 0.2) is 35.2 Å². The molecule has 10 heteroatoms. The Morgan fingerprint density at radius 2 is 1.85 bits per heavy atom. The van der Waals surface area contributed by atoms with Crippen LogP contribution in [0.5, 0.6) is 0 Å². The van der Waals surface area contributed by atoms with Crippen molar-refractivity contribution in [1.29, 1.82) is 0 Å². The van der Waals surface area contributed by atoms with E-state index in [1.165, 1.54) is 63.4 Å². The summed E-state index contributed by atoms with van der Waals surface area (Å²) in [5.41, 5.74) is 1.02. The van der Waals surface area contributed by atoms with Gasteiger partial charge in [0, 0.05) is 24.5 Å². The van der Waals surface area contributed by atoms with Crippen molar-refractivity contribution in [3.8, 4) is 0 Å². The average Bonchev–Trinajstić information content (AvgIpc) is 3.51. The highest BCUT2D eigenvalue weighted by atomic mass is 35.5. The second-order valence-corrected chi connectivity index (χ2v) is 11.8. The smallest absolute Gasteiger partial charge is 0.264 e. The molecule has 178 valence electrons. The fraction of sp³-hybridized carbons (Fsp3) is 0.522. The number of hydrogen-bond donors (Lipinski definition) is 1. The van der Waals surface area contributed by atoms with E-state index >= 15 is 0 Å². The van der Waals surface area contributed by atoms with E-state index in [2.05, 4.69) is 19.5 Å². The molecule has 0 amide bonds. The average molecular weight is 513 g/mol. The molecule has 2 aliphatic heterocycles. The van der Waals surface area contributed by atoms with Crippen molar-refractivity contribution < 1.29 is 12.8 Å². The van der Waals surface area contributed by atoms with Crippen molar-refractivity contribution in [2.24, 2.45) is 5.41 Å². The highest BCUT2D eigenvalue weighted by Crippen LogP contribution is 2.50. The number of aromatic nitrogens is 1. The van der Waals surface area contributed by atoms with Gasteiger partial charge in [-0.25, -0.2) is 13.4 Å². The molecule has 3 aliphatic rings. The van der Waals surface area contributed by atoms with Crippen molar-refractivity contribution in [2.75, 3.05) is 35.8 Å². The Morgan fingerprint density at radius 1 is 1.06 bits per heavy atom. The normalized spacial score (nSPS) is 25.9. The minimum Gasteiger partial charge on any atom is -0.370 e. The Balaban J connectivity index is 1.38. The summed E-state index contributed by atoms with van der Waals surface area (Å²) in [5.74, 6) is -0.904. The third kappa shape index (κ3) is 4.43. The van der Waals surface area contributed by atoms with Gasteiger partial charge in [-0.15, -0.1) is 0 Å². The van der Waals surface area contributed by atoms with Gasteiger partial charge in [0.1, 0.15) is 10.7 Å². The molecule has 2 atom stereocenters. The molecule has 0 radical (unpaired) electrons. The highest BCUT2D eigenvalue weighted by molar-refractivity contribution is 7.92. The van der Waals surface area contributed by atoms with E-state index in [0.717, 1.165) is 31.3 Å². The number of hydrogen-bond acceptors (Lipinski definition) is 5. The van der Waals surface area contributed by atoms with E-state index in [4.69, 9.17) is 23.2 Å². The van der Waals surface area contributed by atoms with Crippen LogP contribution in [0.1, 0.15) is 38.5 Å². The molecular weight excluding hydrogens is 486 g/mol. The maximum atomic E-state index is 13.4. The Morgan fingerprint density at radius 3 is 2.61 bits per heavy atom. The van der Waals surface area contributed by atoms with Crippen LogP contribution in [-0.4, -0.2) is 50.5 Å². The summed E-state index contributed by atoms with van der Waals surface area (Å²) >= 11 is 13.0. The summed E-state index contributed by atoms with van der Waals surface area (Å²) in [6.45, 7) is 4.16.